The van der Waals surface area contributed by atoms with E-state index in [1.54, 1.807) is 12.3 Å². The third kappa shape index (κ3) is 3.84. The third-order valence-electron chi connectivity index (χ3n) is 4.71. The van der Waals surface area contributed by atoms with E-state index in [9.17, 15) is 10.1 Å². The molecule has 4 rings (SSSR count). The molecule has 0 spiro atoms. The number of carbonyl (C=O) groups is 1. The lowest BCUT2D eigenvalue weighted by Gasteiger charge is -2.33. The van der Waals surface area contributed by atoms with Crippen molar-refractivity contribution in [2.75, 3.05) is 4.90 Å². The summed E-state index contributed by atoms with van der Waals surface area (Å²) in [5, 5.41) is 9.57. The molecule has 3 aromatic rings. The van der Waals surface area contributed by atoms with Crippen LogP contribution >= 0.6 is 0 Å². The van der Waals surface area contributed by atoms with Gasteiger partial charge in [-0.3, -0.25) is 4.98 Å². The molecule has 0 bridgehead atoms. The maximum atomic E-state index is 12.2. The lowest BCUT2D eigenvalue weighted by Crippen LogP contribution is -2.35. The van der Waals surface area contributed by atoms with Gasteiger partial charge in [-0.1, -0.05) is 42.5 Å². The van der Waals surface area contributed by atoms with E-state index in [4.69, 9.17) is 0 Å². The van der Waals surface area contributed by atoms with Gasteiger partial charge in [0.25, 0.3) is 0 Å². The standard InChI is InChI=1S/C24H17N3O.H2O/c25-15-18-8-4-5-11-21(18)22-14-19(23-12-6-7-13-26-23)16-27(24(22)17-28)20-9-2-1-3-10-20;/h1-14,16-17,24H;1H2. The number of hydrogen-bond acceptors (Lipinski definition) is 4. The molecule has 5 heteroatoms. The van der Waals surface area contributed by atoms with Gasteiger partial charge in [-0.25, -0.2) is 0 Å². The molecule has 0 aliphatic carbocycles. The Morgan fingerprint density at radius 3 is 2.38 bits per heavy atom. The van der Waals surface area contributed by atoms with E-state index in [2.05, 4.69) is 11.1 Å². The summed E-state index contributed by atoms with van der Waals surface area (Å²) < 4.78 is 0. The van der Waals surface area contributed by atoms with E-state index in [-0.39, 0.29) is 5.48 Å². The van der Waals surface area contributed by atoms with Gasteiger partial charge < -0.3 is 15.2 Å². The van der Waals surface area contributed by atoms with Crippen molar-refractivity contribution in [3.05, 3.63) is 108 Å². The number of aldehydes is 1. The molecule has 29 heavy (non-hydrogen) atoms. The predicted molar refractivity (Wildman–Crippen MR) is 114 cm³/mol. The fraction of sp³-hybridized carbons (Fsp3) is 0.0417. The first-order valence-corrected chi connectivity index (χ1v) is 8.95. The molecule has 0 radical (unpaired) electrons. The smallest absolute Gasteiger partial charge is 0.147 e. The Morgan fingerprint density at radius 1 is 0.966 bits per heavy atom. The normalized spacial score (nSPS) is 15.4. The molecule has 1 unspecified atom stereocenters. The zero-order valence-corrected chi connectivity index (χ0v) is 15.6. The van der Waals surface area contributed by atoms with E-state index >= 15 is 0 Å². The summed E-state index contributed by atoms with van der Waals surface area (Å²) >= 11 is 0. The minimum Gasteiger partial charge on any atom is -0.412 e. The monoisotopic (exact) mass is 381 g/mol. The topological polar surface area (TPSA) is 88.5 Å². The van der Waals surface area contributed by atoms with Gasteiger partial charge in [-0.2, -0.15) is 5.26 Å². The van der Waals surface area contributed by atoms with E-state index in [1.807, 2.05) is 83.9 Å². The van der Waals surface area contributed by atoms with Crippen LogP contribution in [0.25, 0.3) is 11.1 Å². The molecule has 0 saturated heterocycles. The van der Waals surface area contributed by atoms with Gasteiger partial charge in [0.05, 0.1) is 17.3 Å². The summed E-state index contributed by atoms with van der Waals surface area (Å²) in [4.78, 5) is 18.6. The number of nitrogens with zero attached hydrogens (tertiary/aromatic N) is 3. The van der Waals surface area contributed by atoms with E-state index < -0.39 is 6.04 Å². The van der Waals surface area contributed by atoms with Crippen molar-refractivity contribution in [2.45, 2.75) is 6.04 Å². The second-order valence-corrected chi connectivity index (χ2v) is 6.38. The van der Waals surface area contributed by atoms with Crippen LogP contribution < -0.4 is 4.90 Å². The van der Waals surface area contributed by atoms with Crippen LogP contribution in [-0.4, -0.2) is 22.8 Å². The molecular formula is C24H19N3O2. The fourth-order valence-electron chi connectivity index (χ4n) is 3.39. The van der Waals surface area contributed by atoms with Crippen molar-refractivity contribution >= 4 is 23.1 Å². The summed E-state index contributed by atoms with van der Waals surface area (Å²) in [5.41, 5.74) is 4.65. The summed E-state index contributed by atoms with van der Waals surface area (Å²) in [6.07, 6.45) is 6.55. The number of para-hydroxylation sites is 1. The molecule has 1 aliphatic rings. The van der Waals surface area contributed by atoms with Gasteiger partial charge in [0.2, 0.25) is 0 Å². The van der Waals surface area contributed by atoms with Crippen LogP contribution in [0.5, 0.6) is 0 Å². The highest BCUT2D eigenvalue weighted by Crippen LogP contribution is 2.35. The van der Waals surface area contributed by atoms with Gasteiger partial charge >= 0.3 is 0 Å². The van der Waals surface area contributed by atoms with Crippen LogP contribution in [0.15, 0.2) is 91.3 Å². The van der Waals surface area contributed by atoms with Crippen LogP contribution in [-0.2, 0) is 4.79 Å². The molecule has 2 heterocycles. The number of nitriles is 1. The Bertz CT molecular complexity index is 1100. The van der Waals surface area contributed by atoms with Crippen LogP contribution in [0.1, 0.15) is 16.8 Å². The Hall–Kier alpha value is -4.01. The third-order valence-corrected chi connectivity index (χ3v) is 4.71. The number of rotatable bonds is 4. The molecule has 2 aromatic carbocycles. The second kappa shape index (κ2) is 8.79. The highest BCUT2D eigenvalue weighted by atomic mass is 16.1. The van der Waals surface area contributed by atoms with Crippen molar-refractivity contribution in [3.63, 3.8) is 0 Å². The maximum absolute atomic E-state index is 12.2. The molecule has 5 nitrogen and oxygen atoms in total. The molecule has 0 saturated carbocycles. The summed E-state index contributed by atoms with van der Waals surface area (Å²) in [7, 11) is 0. The number of allylic oxidation sites excluding steroid dienone is 2. The molecule has 2 N–H and O–H groups in total. The zero-order valence-electron chi connectivity index (χ0n) is 15.6. The summed E-state index contributed by atoms with van der Waals surface area (Å²) in [5.74, 6) is 0. The summed E-state index contributed by atoms with van der Waals surface area (Å²) in [6.45, 7) is 0. The highest BCUT2D eigenvalue weighted by molar-refractivity contribution is 5.99. The van der Waals surface area contributed by atoms with Crippen molar-refractivity contribution in [3.8, 4) is 6.07 Å². The van der Waals surface area contributed by atoms with Crippen molar-refractivity contribution < 1.29 is 10.3 Å². The van der Waals surface area contributed by atoms with Crippen LogP contribution in [0.2, 0.25) is 0 Å². The second-order valence-electron chi connectivity index (χ2n) is 6.38. The van der Waals surface area contributed by atoms with Crippen molar-refractivity contribution in [2.24, 2.45) is 0 Å². The largest absolute Gasteiger partial charge is 0.412 e. The van der Waals surface area contributed by atoms with Crippen LogP contribution in [0.3, 0.4) is 0 Å². The first kappa shape index (κ1) is 19.7. The molecule has 1 atom stereocenters. The highest BCUT2D eigenvalue weighted by Gasteiger charge is 2.28. The SMILES string of the molecule is N#Cc1ccccc1C1=CC(c2ccccn2)=CN(c2ccccc2)C1C=O.O. The molecule has 1 aromatic heterocycles. The fourth-order valence-corrected chi connectivity index (χ4v) is 3.39. The zero-order chi connectivity index (χ0) is 19.3. The quantitative estimate of drug-likeness (QED) is 0.646. The molecule has 142 valence electrons. The first-order chi connectivity index (χ1) is 13.8. The minimum absolute atomic E-state index is 0. The number of benzene rings is 2. The van der Waals surface area contributed by atoms with Gasteiger partial charge in [0.15, 0.2) is 0 Å². The predicted octanol–water partition coefficient (Wildman–Crippen LogP) is 3.64. The molecular weight excluding hydrogens is 362 g/mol. The average molecular weight is 381 g/mol. The van der Waals surface area contributed by atoms with E-state index in [0.29, 0.717) is 5.56 Å². The summed E-state index contributed by atoms with van der Waals surface area (Å²) in [6, 6.07) is 24.5. The minimum atomic E-state index is -0.538. The number of pyridine rings is 1. The van der Waals surface area contributed by atoms with Crippen molar-refractivity contribution in [1.82, 2.24) is 4.98 Å². The van der Waals surface area contributed by atoms with Crippen LogP contribution in [0, 0.1) is 11.3 Å². The Balaban J connectivity index is 0.00000240. The average Bonchev–Trinajstić information content (AvgIpc) is 2.79. The Labute approximate surface area is 169 Å². The van der Waals surface area contributed by atoms with E-state index in [1.165, 1.54) is 0 Å². The number of anilines is 1. The van der Waals surface area contributed by atoms with Crippen molar-refractivity contribution in [1.29, 1.82) is 5.26 Å². The Kier molecular flexibility index (Phi) is 5.98. The van der Waals surface area contributed by atoms with Gasteiger partial charge in [0, 0.05) is 23.7 Å². The number of carbonyl (C=O) groups excluding carboxylic acids is 1. The Morgan fingerprint density at radius 2 is 1.69 bits per heavy atom. The lowest BCUT2D eigenvalue weighted by atomic mass is 9.89. The lowest BCUT2D eigenvalue weighted by molar-refractivity contribution is -0.107. The maximum Gasteiger partial charge on any atom is 0.147 e. The van der Waals surface area contributed by atoms with Gasteiger partial charge in [-0.05, 0) is 47.5 Å². The first-order valence-electron chi connectivity index (χ1n) is 8.95. The van der Waals surface area contributed by atoms with E-state index in [0.717, 1.165) is 34.4 Å². The van der Waals surface area contributed by atoms with Gasteiger partial charge in [-0.15, -0.1) is 0 Å². The number of aromatic nitrogens is 1. The van der Waals surface area contributed by atoms with Gasteiger partial charge in [0.1, 0.15) is 12.3 Å². The molecule has 0 amide bonds. The molecule has 0 fully saturated rings. The number of hydrogen-bond donors (Lipinski definition) is 0. The van der Waals surface area contributed by atoms with Crippen LogP contribution in [0.4, 0.5) is 5.69 Å². The molecule has 1 aliphatic heterocycles.